The van der Waals surface area contributed by atoms with E-state index in [1.165, 1.54) is 5.69 Å². The molecule has 0 spiro atoms. The molecule has 0 unspecified atom stereocenters. The molecule has 1 aromatic heterocycles. The molecule has 0 saturated heterocycles. The van der Waals surface area contributed by atoms with Crippen molar-refractivity contribution in [2.45, 2.75) is 40.3 Å². The van der Waals surface area contributed by atoms with Gasteiger partial charge in [-0.15, -0.1) is 0 Å². The number of nitrogens with zero attached hydrogens (tertiary/aromatic N) is 4. The third-order valence-electron chi connectivity index (χ3n) is 2.81. The summed E-state index contributed by atoms with van der Waals surface area (Å²) in [6, 6.07) is 2.20. The Balaban J connectivity index is 2.96. The molecule has 0 atom stereocenters. The molecule has 0 radical (unpaired) electrons. The van der Waals surface area contributed by atoms with Gasteiger partial charge in [-0.05, 0) is 35.8 Å². The first-order valence-electron chi connectivity index (χ1n) is 6.01. The van der Waals surface area contributed by atoms with Crippen molar-refractivity contribution >= 4 is 15.9 Å². The second kappa shape index (κ2) is 6.77. The Hall–Kier alpha value is -0.860. The van der Waals surface area contributed by atoms with Crippen LogP contribution in [0.4, 0.5) is 0 Å². The van der Waals surface area contributed by atoms with Crippen molar-refractivity contribution in [3.05, 3.63) is 15.9 Å². The van der Waals surface area contributed by atoms with Crippen LogP contribution in [0.1, 0.15) is 32.2 Å². The zero-order valence-electron chi connectivity index (χ0n) is 10.7. The summed E-state index contributed by atoms with van der Waals surface area (Å²) in [6.07, 6.45) is 0.922. The van der Waals surface area contributed by atoms with Crippen LogP contribution in [0.15, 0.2) is 4.47 Å². The van der Waals surface area contributed by atoms with Crippen molar-refractivity contribution in [2.24, 2.45) is 0 Å². The lowest BCUT2D eigenvalue weighted by atomic mass is 10.3. The molecule has 0 fully saturated rings. The molecule has 0 aromatic carbocycles. The van der Waals surface area contributed by atoms with Crippen LogP contribution in [0.2, 0.25) is 0 Å². The third-order valence-corrected chi connectivity index (χ3v) is 3.72. The molecule has 0 saturated carbocycles. The van der Waals surface area contributed by atoms with Gasteiger partial charge in [-0.3, -0.25) is 9.58 Å². The standard InChI is InChI=1S/C12H19BrN4/c1-4-10-12(13)11(17(6-3)15-10)9-16(5-2)8-7-14/h4-6,8-9H2,1-3H3. The number of hydrogen-bond acceptors (Lipinski definition) is 3. The molecule has 1 aromatic rings. The minimum absolute atomic E-state index is 0.458. The fraction of sp³-hybridized carbons (Fsp3) is 0.667. The molecule has 1 heterocycles. The molecular weight excluding hydrogens is 280 g/mol. The summed E-state index contributed by atoms with van der Waals surface area (Å²) in [6.45, 7) is 9.21. The fourth-order valence-corrected chi connectivity index (χ4v) is 2.45. The fourth-order valence-electron chi connectivity index (χ4n) is 1.76. The smallest absolute Gasteiger partial charge is 0.0869 e. The highest BCUT2D eigenvalue weighted by molar-refractivity contribution is 9.10. The zero-order valence-corrected chi connectivity index (χ0v) is 12.3. The predicted octanol–water partition coefficient (Wildman–Crippen LogP) is 2.57. The number of nitriles is 1. The van der Waals surface area contributed by atoms with Gasteiger partial charge < -0.3 is 0 Å². The van der Waals surface area contributed by atoms with Crippen molar-refractivity contribution in [2.75, 3.05) is 13.1 Å². The summed E-state index contributed by atoms with van der Waals surface area (Å²) in [5.74, 6) is 0. The maximum atomic E-state index is 8.77. The molecule has 0 aliphatic carbocycles. The Bertz CT molecular complexity index is 405. The Morgan fingerprint density at radius 1 is 1.41 bits per heavy atom. The van der Waals surface area contributed by atoms with Gasteiger partial charge in [0.2, 0.25) is 0 Å². The third kappa shape index (κ3) is 3.30. The first-order chi connectivity index (χ1) is 8.17. The average molecular weight is 299 g/mol. The van der Waals surface area contributed by atoms with Crippen LogP contribution in [0.5, 0.6) is 0 Å². The normalized spacial score (nSPS) is 10.8. The maximum Gasteiger partial charge on any atom is 0.0869 e. The highest BCUT2D eigenvalue weighted by atomic mass is 79.9. The number of halogens is 1. The van der Waals surface area contributed by atoms with Crippen LogP contribution in [0.3, 0.4) is 0 Å². The van der Waals surface area contributed by atoms with E-state index in [0.717, 1.165) is 36.2 Å². The summed E-state index contributed by atoms with van der Waals surface area (Å²) >= 11 is 3.62. The molecule has 0 bridgehead atoms. The molecule has 0 aliphatic heterocycles. The molecular formula is C12H19BrN4. The number of aryl methyl sites for hydroxylation is 2. The van der Waals surface area contributed by atoms with E-state index < -0.39 is 0 Å². The van der Waals surface area contributed by atoms with Gasteiger partial charge in [-0.1, -0.05) is 13.8 Å². The summed E-state index contributed by atoms with van der Waals surface area (Å²) < 4.78 is 3.11. The van der Waals surface area contributed by atoms with Gasteiger partial charge in [0.25, 0.3) is 0 Å². The highest BCUT2D eigenvalue weighted by Crippen LogP contribution is 2.23. The van der Waals surface area contributed by atoms with E-state index >= 15 is 0 Å². The summed E-state index contributed by atoms with van der Waals surface area (Å²) in [5.41, 5.74) is 2.26. The highest BCUT2D eigenvalue weighted by Gasteiger charge is 2.15. The van der Waals surface area contributed by atoms with E-state index in [1.54, 1.807) is 0 Å². The van der Waals surface area contributed by atoms with Gasteiger partial charge in [-0.2, -0.15) is 10.4 Å². The van der Waals surface area contributed by atoms with Crippen molar-refractivity contribution in [3.63, 3.8) is 0 Å². The van der Waals surface area contributed by atoms with Crippen LogP contribution in [0, 0.1) is 11.3 Å². The van der Waals surface area contributed by atoms with E-state index in [1.807, 2.05) is 4.68 Å². The van der Waals surface area contributed by atoms with E-state index in [0.29, 0.717) is 6.54 Å². The molecule has 4 nitrogen and oxygen atoms in total. The first-order valence-corrected chi connectivity index (χ1v) is 6.80. The van der Waals surface area contributed by atoms with Crippen LogP contribution < -0.4 is 0 Å². The van der Waals surface area contributed by atoms with Crippen LogP contribution in [-0.2, 0) is 19.5 Å². The first kappa shape index (κ1) is 14.2. The predicted molar refractivity (Wildman–Crippen MR) is 71.5 cm³/mol. The Kier molecular flexibility index (Phi) is 5.66. The van der Waals surface area contributed by atoms with E-state index in [-0.39, 0.29) is 0 Å². The molecule has 94 valence electrons. The molecule has 0 N–H and O–H groups in total. The Morgan fingerprint density at radius 2 is 2.12 bits per heavy atom. The van der Waals surface area contributed by atoms with Crippen molar-refractivity contribution in [1.29, 1.82) is 5.26 Å². The summed E-state index contributed by atoms with van der Waals surface area (Å²) in [7, 11) is 0. The Labute approximate surface area is 111 Å². The van der Waals surface area contributed by atoms with Crippen molar-refractivity contribution < 1.29 is 0 Å². The van der Waals surface area contributed by atoms with E-state index in [2.05, 4.69) is 52.8 Å². The molecule has 1 rings (SSSR count). The second-order valence-electron chi connectivity index (χ2n) is 3.84. The van der Waals surface area contributed by atoms with Gasteiger partial charge >= 0.3 is 0 Å². The molecule has 0 amide bonds. The summed E-state index contributed by atoms with van der Waals surface area (Å²) in [4.78, 5) is 2.10. The molecule has 5 heteroatoms. The number of aromatic nitrogens is 2. The quantitative estimate of drug-likeness (QED) is 0.758. The van der Waals surface area contributed by atoms with Gasteiger partial charge in [0, 0.05) is 13.1 Å². The zero-order chi connectivity index (χ0) is 12.8. The largest absolute Gasteiger partial charge is 0.285 e. The SMILES string of the molecule is CCc1nn(CC)c(CN(CC)CC#N)c1Br. The lowest BCUT2D eigenvalue weighted by Crippen LogP contribution is -2.25. The topological polar surface area (TPSA) is 44.9 Å². The average Bonchev–Trinajstić information content (AvgIpc) is 2.65. The number of rotatable bonds is 6. The lowest BCUT2D eigenvalue weighted by Gasteiger charge is -2.17. The minimum Gasteiger partial charge on any atom is -0.285 e. The van der Waals surface area contributed by atoms with Crippen LogP contribution in [0.25, 0.3) is 0 Å². The van der Waals surface area contributed by atoms with Gasteiger partial charge in [0.15, 0.2) is 0 Å². The van der Waals surface area contributed by atoms with E-state index in [9.17, 15) is 0 Å². The minimum atomic E-state index is 0.458. The Morgan fingerprint density at radius 3 is 2.59 bits per heavy atom. The monoisotopic (exact) mass is 298 g/mol. The van der Waals surface area contributed by atoms with Gasteiger partial charge in [-0.25, -0.2) is 0 Å². The van der Waals surface area contributed by atoms with Crippen molar-refractivity contribution in [1.82, 2.24) is 14.7 Å². The number of hydrogen-bond donors (Lipinski definition) is 0. The van der Waals surface area contributed by atoms with Gasteiger partial charge in [0.1, 0.15) is 0 Å². The molecule has 0 aliphatic rings. The lowest BCUT2D eigenvalue weighted by molar-refractivity contribution is 0.303. The molecule has 17 heavy (non-hydrogen) atoms. The second-order valence-corrected chi connectivity index (χ2v) is 4.63. The van der Waals surface area contributed by atoms with Crippen LogP contribution >= 0.6 is 15.9 Å². The van der Waals surface area contributed by atoms with E-state index in [4.69, 9.17) is 5.26 Å². The van der Waals surface area contributed by atoms with Crippen LogP contribution in [-0.4, -0.2) is 27.8 Å². The maximum absolute atomic E-state index is 8.77. The van der Waals surface area contributed by atoms with Crippen molar-refractivity contribution in [3.8, 4) is 6.07 Å². The van der Waals surface area contributed by atoms with Gasteiger partial charge in [0.05, 0.1) is 28.5 Å². The summed E-state index contributed by atoms with van der Waals surface area (Å²) in [5, 5.41) is 13.3.